The number of hydrogen-bond donors (Lipinski definition) is 0. The predicted octanol–water partition coefficient (Wildman–Crippen LogP) is 3.79. The lowest BCUT2D eigenvalue weighted by atomic mass is 10.0. The van der Waals surface area contributed by atoms with Gasteiger partial charge in [-0.05, 0) is 44.4 Å². The monoisotopic (exact) mass is 286 g/mol. The molecular weight excluding hydrogens is 264 g/mol. The Morgan fingerprint density at radius 1 is 1.24 bits per heavy atom. The molecule has 4 nitrogen and oxygen atoms in total. The molecule has 1 heterocycles. The highest BCUT2D eigenvalue weighted by Gasteiger charge is 2.20. The van der Waals surface area contributed by atoms with E-state index in [4.69, 9.17) is 4.74 Å². The first kappa shape index (κ1) is 15.3. The molecule has 0 bridgehead atoms. The first-order valence-corrected chi connectivity index (χ1v) is 7.29. The van der Waals surface area contributed by atoms with Gasteiger partial charge in [0.05, 0.1) is 23.7 Å². The minimum atomic E-state index is -0.308. The molecule has 0 spiro atoms. The van der Waals surface area contributed by atoms with Crippen molar-refractivity contribution in [3.05, 3.63) is 46.8 Å². The largest absolute Gasteiger partial charge is 0.462 e. The number of benzene rings is 1. The summed E-state index contributed by atoms with van der Waals surface area (Å²) in [5, 5.41) is 4.47. The van der Waals surface area contributed by atoms with E-state index in [1.54, 1.807) is 11.6 Å². The molecule has 0 radical (unpaired) electrons. The van der Waals surface area contributed by atoms with Crippen molar-refractivity contribution in [1.82, 2.24) is 9.78 Å². The van der Waals surface area contributed by atoms with Gasteiger partial charge >= 0.3 is 5.97 Å². The second-order valence-corrected chi connectivity index (χ2v) is 5.42. The Kier molecular flexibility index (Phi) is 4.46. The molecule has 2 aromatic rings. The molecule has 21 heavy (non-hydrogen) atoms. The van der Waals surface area contributed by atoms with Crippen LogP contribution >= 0.6 is 0 Å². The van der Waals surface area contributed by atoms with Crippen LogP contribution in [0.4, 0.5) is 0 Å². The van der Waals surface area contributed by atoms with Crippen LogP contribution in [0.1, 0.15) is 54.0 Å². The second-order valence-electron chi connectivity index (χ2n) is 5.42. The number of aromatic nitrogens is 2. The molecule has 0 amide bonds. The van der Waals surface area contributed by atoms with Crippen molar-refractivity contribution in [2.45, 2.75) is 40.5 Å². The van der Waals surface area contributed by atoms with Crippen LogP contribution in [0, 0.1) is 13.8 Å². The summed E-state index contributed by atoms with van der Waals surface area (Å²) in [6.07, 6.45) is 0. The average molecular weight is 286 g/mol. The second kappa shape index (κ2) is 6.12. The fourth-order valence-electron chi connectivity index (χ4n) is 2.39. The molecule has 1 aromatic heterocycles. The Morgan fingerprint density at radius 2 is 1.86 bits per heavy atom. The van der Waals surface area contributed by atoms with Crippen molar-refractivity contribution >= 4 is 5.97 Å². The summed E-state index contributed by atoms with van der Waals surface area (Å²) in [4.78, 5) is 12.0. The summed E-state index contributed by atoms with van der Waals surface area (Å²) in [5.41, 5.74) is 4.30. The molecule has 0 fully saturated rings. The van der Waals surface area contributed by atoms with Gasteiger partial charge in [0, 0.05) is 0 Å². The fraction of sp³-hybridized carbons (Fsp3) is 0.412. The molecule has 0 aliphatic heterocycles. The first-order chi connectivity index (χ1) is 9.95. The summed E-state index contributed by atoms with van der Waals surface area (Å²) in [6.45, 7) is 10.2. The van der Waals surface area contributed by atoms with E-state index < -0.39 is 0 Å². The van der Waals surface area contributed by atoms with E-state index in [1.807, 2.05) is 26.0 Å². The molecule has 0 saturated carbocycles. The molecule has 0 aliphatic carbocycles. The fourth-order valence-corrected chi connectivity index (χ4v) is 2.39. The number of carbonyl (C=O) groups excluding carboxylic acids is 1. The maximum Gasteiger partial charge on any atom is 0.341 e. The lowest BCUT2D eigenvalue weighted by molar-refractivity contribution is 0.0524. The molecule has 1 aromatic carbocycles. The number of rotatable bonds is 4. The molecule has 0 unspecified atom stereocenters. The number of ether oxygens (including phenoxy) is 1. The Bertz CT molecular complexity index is 640. The van der Waals surface area contributed by atoms with Crippen LogP contribution in [0.15, 0.2) is 24.3 Å². The highest BCUT2D eigenvalue weighted by atomic mass is 16.5. The normalized spacial score (nSPS) is 11.0. The van der Waals surface area contributed by atoms with E-state index in [2.05, 4.69) is 31.1 Å². The topological polar surface area (TPSA) is 44.1 Å². The summed E-state index contributed by atoms with van der Waals surface area (Å²) in [5.74, 6) is 0.187. The van der Waals surface area contributed by atoms with Crippen LogP contribution in [0.5, 0.6) is 0 Å². The lowest BCUT2D eigenvalue weighted by Gasteiger charge is -2.08. The van der Waals surface area contributed by atoms with E-state index >= 15 is 0 Å². The Balaban J connectivity index is 2.41. The van der Waals surface area contributed by atoms with Gasteiger partial charge in [0.25, 0.3) is 0 Å². The van der Waals surface area contributed by atoms with Gasteiger partial charge in [-0.3, -0.25) is 0 Å². The molecule has 0 atom stereocenters. The smallest absolute Gasteiger partial charge is 0.341 e. The van der Waals surface area contributed by atoms with Crippen LogP contribution in [0.25, 0.3) is 5.69 Å². The maximum atomic E-state index is 12.0. The van der Waals surface area contributed by atoms with Gasteiger partial charge in [-0.1, -0.05) is 26.0 Å². The number of carbonyl (C=O) groups is 1. The molecule has 0 saturated heterocycles. The van der Waals surface area contributed by atoms with Crippen LogP contribution in [0.2, 0.25) is 0 Å². The zero-order valence-corrected chi connectivity index (χ0v) is 13.3. The SMILES string of the molecule is CCOC(=O)c1c(C)nn(-c2ccc(C(C)C)cc2)c1C. The Labute approximate surface area is 125 Å². The van der Waals surface area contributed by atoms with Crippen molar-refractivity contribution < 1.29 is 9.53 Å². The summed E-state index contributed by atoms with van der Waals surface area (Å²) in [6, 6.07) is 8.26. The third-order valence-electron chi connectivity index (χ3n) is 3.58. The van der Waals surface area contributed by atoms with E-state index in [0.29, 0.717) is 23.8 Å². The van der Waals surface area contributed by atoms with Crippen molar-refractivity contribution in [2.24, 2.45) is 0 Å². The van der Waals surface area contributed by atoms with E-state index in [1.165, 1.54) is 5.56 Å². The van der Waals surface area contributed by atoms with E-state index in [9.17, 15) is 4.79 Å². The summed E-state index contributed by atoms with van der Waals surface area (Å²) < 4.78 is 6.89. The van der Waals surface area contributed by atoms with Crippen LogP contribution in [-0.2, 0) is 4.74 Å². The zero-order valence-electron chi connectivity index (χ0n) is 13.3. The number of aryl methyl sites for hydroxylation is 1. The molecule has 4 heteroatoms. The van der Waals surface area contributed by atoms with Gasteiger partial charge in [-0.2, -0.15) is 5.10 Å². The number of nitrogens with zero attached hydrogens (tertiary/aromatic N) is 2. The lowest BCUT2D eigenvalue weighted by Crippen LogP contribution is -2.07. The van der Waals surface area contributed by atoms with Gasteiger partial charge in [0.15, 0.2) is 0 Å². The predicted molar refractivity (Wildman–Crippen MR) is 83.1 cm³/mol. The Morgan fingerprint density at radius 3 is 2.38 bits per heavy atom. The van der Waals surface area contributed by atoms with E-state index in [-0.39, 0.29) is 5.97 Å². The minimum absolute atomic E-state index is 0.308. The molecular formula is C17H22N2O2. The third kappa shape index (κ3) is 2.99. The van der Waals surface area contributed by atoms with Crippen molar-refractivity contribution in [3.63, 3.8) is 0 Å². The maximum absolute atomic E-state index is 12.0. The van der Waals surface area contributed by atoms with Crippen LogP contribution < -0.4 is 0 Å². The Hall–Kier alpha value is -2.10. The van der Waals surface area contributed by atoms with Gasteiger partial charge in [-0.25, -0.2) is 9.48 Å². The van der Waals surface area contributed by atoms with E-state index in [0.717, 1.165) is 11.4 Å². The quantitative estimate of drug-likeness (QED) is 0.803. The van der Waals surface area contributed by atoms with Gasteiger partial charge in [0.1, 0.15) is 5.56 Å². The molecule has 2 rings (SSSR count). The van der Waals surface area contributed by atoms with Crippen LogP contribution in [0.3, 0.4) is 0 Å². The zero-order chi connectivity index (χ0) is 15.6. The first-order valence-electron chi connectivity index (χ1n) is 7.29. The van der Waals surface area contributed by atoms with Crippen molar-refractivity contribution in [3.8, 4) is 5.69 Å². The van der Waals surface area contributed by atoms with Crippen molar-refractivity contribution in [2.75, 3.05) is 6.61 Å². The van der Waals surface area contributed by atoms with Crippen molar-refractivity contribution in [1.29, 1.82) is 0 Å². The average Bonchev–Trinajstić information content (AvgIpc) is 2.74. The minimum Gasteiger partial charge on any atom is -0.462 e. The molecule has 0 aliphatic rings. The third-order valence-corrected chi connectivity index (χ3v) is 3.58. The highest BCUT2D eigenvalue weighted by molar-refractivity contribution is 5.92. The highest BCUT2D eigenvalue weighted by Crippen LogP contribution is 2.21. The van der Waals surface area contributed by atoms with Gasteiger partial charge < -0.3 is 4.74 Å². The molecule has 112 valence electrons. The standard InChI is InChI=1S/C17H22N2O2/c1-6-21-17(20)16-12(4)18-19(13(16)5)15-9-7-14(8-10-15)11(2)3/h7-11H,6H2,1-5H3. The van der Waals surface area contributed by atoms with Crippen LogP contribution in [-0.4, -0.2) is 22.4 Å². The number of esters is 1. The van der Waals surface area contributed by atoms with Gasteiger partial charge in [0.2, 0.25) is 0 Å². The van der Waals surface area contributed by atoms with Gasteiger partial charge in [-0.15, -0.1) is 0 Å². The summed E-state index contributed by atoms with van der Waals surface area (Å²) >= 11 is 0. The summed E-state index contributed by atoms with van der Waals surface area (Å²) in [7, 11) is 0. The molecule has 0 N–H and O–H groups in total. The number of hydrogen-bond acceptors (Lipinski definition) is 3.